The average Bonchev–Trinajstić information content (AvgIpc) is 2.56. The lowest BCUT2D eigenvalue weighted by Gasteiger charge is -1.93. The summed E-state index contributed by atoms with van der Waals surface area (Å²) in [5.74, 6) is 0. The SMILES string of the molecule is Cl.Cl.c1ccn2c(c1)cc1ncncc12. The van der Waals surface area contributed by atoms with Gasteiger partial charge in [0.2, 0.25) is 0 Å². The number of pyridine rings is 1. The first-order valence-electron chi connectivity index (χ1n) is 4.11. The molecule has 0 bridgehead atoms. The van der Waals surface area contributed by atoms with Gasteiger partial charge in [-0.15, -0.1) is 24.8 Å². The van der Waals surface area contributed by atoms with Crippen molar-refractivity contribution in [3.05, 3.63) is 43.0 Å². The van der Waals surface area contributed by atoms with E-state index in [0.717, 1.165) is 16.6 Å². The molecule has 78 valence electrons. The Morgan fingerprint density at radius 1 is 1.13 bits per heavy atom. The van der Waals surface area contributed by atoms with Gasteiger partial charge in [0.05, 0.1) is 17.2 Å². The number of halogens is 2. The molecule has 0 saturated heterocycles. The summed E-state index contributed by atoms with van der Waals surface area (Å²) in [4.78, 5) is 8.19. The van der Waals surface area contributed by atoms with Crippen LogP contribution in [0.4, 0.5) is 0 Å². The summed E-state index contributed by atoms with van der Waals surface area (Å²) in [6, 6.07) is 8.12. The highest BCUT2D eigenvalue weighted by Gasteiger charge is 2.00. The van der Waals surface area contributed by atoms with E-state index in [9.17, 15) is 0 Å². The largest absolute Gasteiger partial charge is 0.314 e. The summed E-state index contributed by atoms with van der Waals surface area (Å²) >= 11 is 0. The van der Waals surface area contributed by atoms with Crippen LogP contribution in [0, 0.1) is 0 Å². The Morgan fingerprint density at radius 3 is 2.87 bits per heavy atom. The van der Waals surface area contributed by atoms with Gasteiger partial charge in [0.1, 0.15) is 6.33 Å². The molecule has 15 heavy (non-hydrogen) atoms. The molecule has 3 rings (SSSR count). The van der Waals surface area contributed by atoms with E-state index in [1.165, 1.54) is 0 Å². The molecule has 5 heteroatoms. The van der Waals surface area contributed by atoms with Crippen LogP contribution >= 0.6 is 24.8 Å². The number of hydrogen-bond donors (Lipinski definition) is 0. The number of nitrogens with zero attached hydrogens (tertiary/aromatic N) is 3. The molecule has 0 saturated carbocycles. The van der Waals surface area contributed by atoms with Gasteiger partial charge in [0, 0.05) is 11.7 Å². The molecule has 3 aromatic heterocycles. The minimum absolute atomic E-state index is 0. The molecule has 0 N–H and O–H groups in total. The lowest BCUT2D eigenvalue weighted by molar-refractivity contribution is 1.18. The molecule has 0 aromatic carbocycles. The van der Waals surface area contributed by atoms with Crippen LogP contribution in [0.5, 0.6) is 0 Å². The quantitative estimate of drug-likeness (QED) is 0.606. The number of rotatable bonds is 0. The Bertz CT molecular complexity index is 526. The van der Waals surface area contributed by atoms with Gasteiger partial charge in [-0.1, -0.05) is 6.07 Å². The highest BCUT2D eigenvalue weighted by molar-refractivity contribution is 5.85. The Labute approximate surface area is 99.0 Å². The smallest absolute Gasteiger partial charge is 0.116 e. The third-order valence-electron chi connectivity index (χ3n) is 2.16. The lowest BCUT2D eigenvalue weighted by atomic mass is 10.4. The average molecular weight is 242 g/mol. The fourth-order valence-corrected chi connectivity index (χ4v) is 1.56. The van der Waals surface area contributed by atoms with Gasteiger partial charge >= 0.3 is 0 Å². The Hall–Kier alpha value is -1.32. The maximum absolute atomic E-state index is 4.19. The van der Waals surface area contributed by atoms with E-state index in [-0.39, 0.29) is 24.8 Å². The van der Waals surface area contributed by atoms with E-state index in [1.807, 2.05) is 24.5 Å². The fourth-order valence-electron chi connectivity index (χ4n) is 1.56. The van der Waals surface area contributed by atoms with Crippen molar-refractivity contribution < 1.29 is 0 Å². The lowest BCUT2D eigenvalue weighted by Crippen LogP contribution is -1.82. The number of hydrogen-bond acceptors (Lipinski definition) is 2. The molecule has 0 fully saturated rings. The summed E-state index contributed by atoms with van der Waals surface area (Å²) in [7, 11) is 0. The van der Waals surface area contributed by atoms with Gasteiger partial charge in [0.25, 0.3) is 0 Å². The first-order valence-corrected chi connectivity index (χ1v) is 4.11. The van der Waals surface area contributed by atoms with Crippen LogP contribution in [0.15, 0.2) is 43.0 Å². The second-order valence-electron chi connectivity index (χ2n) is 2.93. The maximum Gasteiger partial charge on any atom is 0.116 e. The Morgan fingerprint density at radius 2 is 2.00 bits per heavy atom. The van der Waals surface area contributed by atoms with Crippen LogP contribution in [0.3, 0.4) is 0 Å². The molecular weight excluding hydrogens is 233 g/mol. The van der Waals surface area contributed by atoms with Crippen molar-refractivity contribution in [2.24, 2.45) is 0 Å². The topological polar surface area (TPSA) is 30.2 Å². The van der Waals surface area contributed by atoms with Crippen molar-refractivity contribution in [3.63, 3.8) is 0 Å². The van der Waals surface area contributed by atoms with E-state index < -0.39 is 0 Å². The molecule has 0 aliphatic heterocycles. The molecule has 3 heterocycles. The van der Waals surface area contributed by atoms with Gasteiger partial charge in [-0.05, 0) is 18.2 Å². The standard InChI is InChI=1S/C10H7N3.2ClH/c1-2-4-13-8(3-1)5-9-10(13)6-11-7-12-9;;/h1-7H;2*1H. The zero-order valence-electron chi connectivity index (χ0n) is 7.70. The van der Waals surface area contributed by atoms with Gasteiger partial charge in [-0.25, -0.2) is 9.97 Å². The molecule has 0 atom stereocenters. The summed E-state index contributed by atoms with van der Waals surface area (Å²) in [6.45, 7) is 0. The van der Waals surface area contributed by atoms with Crippen molar-refractivity contribution in [2.75, 3.05) is 0 Å². The predicted octanol–water partition coefficient (Wildman–Crippen LogP) is 2.73. The summed E-state index contributed by atoms with van der Waals surface area (Å²) < 4.78 is 2.08. The van der Waals surface area contributed by atoms with Crippen LogP contribution in [0.2, 0.25) is 0 Å². The van der Waals surface area contributed by atoms with Crippen molar-refractivity contribution in [3.8, 4) is 0 Å². The summed E-state index contributed by atoms with van der Waals surface area (Å²) in [5, 5.41) is 0. The Kier molecular flexibility index (Phi) is 3.50. The van der Waals surface area contributed by atoms with Crippen molar-refractivity contribution in [1.29, 1.82) is 0 Å². The minimum Gasteiger partial charge on any atom is -0.314 e. The van der Waals surface area contributed by atoms with Gasteiger partial charge in [-0.3, -0.25) is 0 Å². The zero-order valence-corrected chi connectivity index (χ0v) is 9.33. The molecular formula is C10H9Cl2N3. The maximum atomic E-state index is 4.19. The van der Waals surface area contributed by atoms with Crippen LogP contribution < -0.4 is 0 Å². The second-order valence-corrected chi connectivity index (χ2v) is 2.93. The first-order chi connectivity index (χ1) is 6.45. The number of aromatic nitrogens is 3. The molecule has 0 spiro atoms. The predicted molar refractivity (Wildman–Crippen MR) is 65.0 cm³/mol. The van der Waals surface area contributed by atoms with Crippen LogP contribution in [-0.4, -0.2) is 14.4 Å². The normalized spacial score (nSPS) is 9.60. The molecule has 0 aliphatic rings. The number of fused-ring (bicyclic) bond motifs is 3. The third kappa shape index (κ3) is 1.76. The summed E-state index contributed by atoms with van der Waals surface area (Å²) in [5.41, 5.74) is 3.19. The summed E-state index contributed by atoms with van der Waals surface area (Å²) in [6.07, 6.45) is 5.41. The molecule has 0 unspecified atom stereocenters. The minimum atomic E-state index is 0. The van der Waals surface area contributed by atoms with Crippen molar-refractivity contribution in [2.45, 2.75) is 0 Å². The fraction of sp³-hybridized carbons (Fsp3) is 0. The third-order valence-corrected chi connectivity index (χ3v) is 2.16. The first kappa shape index (κ1) is 11.8. The molecule has 3 aromatic rings. The van der Waals surface area contributed by atoms with E-state index in [4.69, 9.17) is 0 Å². The second kappa shape index (κ2) is 4.47. The molecule has 0 radical (unpaired) electrons. The van der Waals surface area contributed by atoms with E-state index in [2.05, 4.69) is 26.5 Å². The van der Waals surface area contributed by atoms with E-state index in [1.54, 1.807) is 6.33 Å². The highest BCUT2D eigenvalue weighted by Crippen LogP contribution is 2.15. The zero-order chi connectivity index (χ0) is 8.67. The molecule has 0 aliphatic carbocycles. The Balaban J connectivity index is 0.000000562. The van der Waals surface area contributed by atoms with Crippen LogP contribution in [-0.2, 0) is 0 Å². The van der Waals surface area contributed by atoms with E-state index >= 15 is 0 Å². The van der Waals surface area contributed by atoms with Crippen molar-refractivity contribution >= 4 is 41.4 Å². The van der Waals surface area contributed by atoms with Crippen LogP contribution in [0.1, 0.15) is 0 Å². The monoisotopic (exact) mass is 241 g/mol. The molecule has 3 nitrogen and oxygen atoms in total. The van der Waals surface area contributed by atoms with Crippen molar-refractivity contribution in [1.82, 2.24) is 14.4 Å². The van der Waals surface area contributed by atoms with Gasteiger partial charge in [-0.2, -0.15) is 0 Å². The molecule has 0 amide bonds. The van der Waals surface area contributed by atoms with Gasteiger partial charge in [0.15, 0.2) is 0 Å². The van der Waals surface area contributed by atoms with Gasteiger partial charge < -0.3 is 4.40 Å². The van der Waals surface area contributed by atoms with Crippen LogP contribution in [0.25, 0.3) is 16.6 Å². The highest BCUT2D eigenvalue weighted by atomic mass is 35.5. The van der Waals surface area contributed by atoms with E-state index in [0.29, 0.717) is 0 Å².